The highest BCUT2D eigenvalue weighted by molar-refractivity contribution is 5.83. The Labute approximate surface area is 191 Å². The lowest BCUT2D eigenvalue weighted by Gasteiger charge is -2.26. The summed E-state index contributed by atoms with van der Waals surface area (Å²) in [4.78, 5) is 2.43. The van der Waals surface area contributed by atoms with Crippen molar-refractivity contribution in [3.05, 3.63) is 131 Å². The predicted octanol–water partition coefficient (Wildman–Crippen LogP) is 6.67. The van der Waals surface area contributed by atoms with Crippen molar-refractivity contribution in [3.8, 4) is 0 Å². The van der Waals surface area contributed by atoms with Gasteiger partial charge >= 0.3 is 0 Å². The highest BCUT2D eigenvalue weighted by Crippen LogP contribution is 2.23. The van der Waals surface area contributed by atoms with E-state index in [1.165, 1.54) is 22.4 Å². The standard InChI is InChI=1S/C29H29N3/c1-24-20-29(19-18-27(24)21-30-31(2)28-16-10-5-11-17-28)32(22-25-12-6-3-7-13-25)23-26-14-8-4-9-15-26/h3-21H,22-23H2,1-2H3. The highest BCUT2D eigenvalue weighted by Gasteiger charge is 2.10. The summed E-state index contributed by atoms with van der Waals surface area (Å²) in [6.07, 6.45) is 1.94. The lowest BCUT2D eigenvalue weighted by molar-refractivity contribution is 0.799. The molecule has 0 amide bonds. The SMILES string of the molecule is Cc1cc(N(Cc2ccccc2)Cc2ccccc2)ccc1C=NN(C)c1ccccc1. The van der Waals surface area contributed by atoms with Crippen LogP contribution in [0.2, 0.25) is 0 Å². The average Bonchev–Trinajstić information content (AvgIpc) is 2.84. The fraction of sp³-hybridized carbons (Fsp3) is 0.138. The normalized spacial score (nSPS) is 10.9. The molecule has 160 valence electrons. The first-order chi connectivity index (χ1) is 15.7. The van der Waals surface area contributed by atoms with Crippen LogP contribution in [0.25, 0.3) is 0 Å². The van der Waals surface area contributed by atoms with E-state index in [9.17, 15) is 0 Å². The van der Waals surface area contributed by atoms with Gasteiger partial charge in [-0.1, -0.05) is 84.9 Å². The van der Waals surface area contributed by atoms with Crippen LogP contribution in [-0.4, -0.2) is 13.3 Å². The van der Waals surface area contributed by atoms with Gasteiger partial charge in [-0.3, -0.25) is 5.01 Å². The van der Waals surface area contributed by atoms with Gasteiger partial charge in [0.2, 0.25) is 0 Å². The van der Waals surface area contributed by atoms with Crippen LogP contribution in [-0.2, 0) is 13.1 Å². The molecule has 0 aliphatic carbocycles. The zero-order valence-corrected chi connectivity index (χ0v) is 18.7. The Morgan fingerprint density at radius 2 is 1.19 bits per heavy atom. The Bertz CT molecular complexity index is 1100. The molecule has 4 rings (SSSR count). The molecule has 3 heteroatoms. The van der Waals surface area contributed by atoms with Crippen LogP contribution in [0.4, 0.5) is 11.4 Å². The van der Waals surface area contributed by atoms with Gasteiger partial charge < -0.3 is 4.90 Å². The van der Waals surface area contributed by atoms with Gasteiger partial charge in [-0.25, -0.2) is 0 Å². The van der Waals surface area contributed by atoms with Gasteiger partial charge in [-0.15, -0.1) is 0 Å². The minimum atomic E-state index is 0.860. The van der Waals surface area contributed by atoms with Crippen LogP contribution in [0.15, 0.2) is 114 Å². The quantitative estimate of drug-likeness (QED) is 0.234. The molecule has 0 aliphatic heterocycles. The maximum Gasteiger partial charge on any atom is 0.0590 e. The van der Waals surface area contributed by atoms with E-state index < -0.39 is 0 Å². The summed E-state index contributed by atoms with van der Waals surface area (Å²) in [6, 6.07) is 38.1. The summed E-state index contributed by atoms with van der Waals surface area (Å²) in [7, 11) is 1.97. The van der Waals surface area contributed by atoms with Crippen molar-refractivity contribution in [1.29, 1.82) is 0 Å². The molecule has 4 aromatic rings. The number of benzene rings is 4. The summed E-state index contributed by atoms with van der Waals surface area (Å²) < 4.78 is 0. The average molecular weight is 420 g/mol. The van der Waals surface area contributed by atoms with E-state index in [0.29, 0.717) is 0 Å². The van der Waals surface area contributed by atoms with Crippen molar-refractivity contribution in [2.75, 3.05) is 17.0 Å². The van der Waals surface area contributed by atoms with E-state index in [0.717, 1.165) is 24.3 Å². The number of anilines is 2. The fourth-order valence-electron chi connectivity index (χ4n) is 3.71. The monoisotopic (exact) mass is 419 g/mol. The summed E-state index contributed by atoms with van der Waals surface area (Å²) >= 11 is 0. The van der Waals surface area contributed by atoms with Gasteiger partial charge in [0.15, 0.2) is 0 Å². The van der Waals surface area contributed by atoms with Crippen LogP contribution >= 0.6 is 0 Å². The molecule has 0 bridgehead atoms. The van der Waals surface area contributed by atoms with Gasteiger partial charge in [0, 0.05) is 25.8 Å². The lowest BCUT2D eigenvalue weighted by Crippen LogP contribution is -2.22. The number of nitrogens with zero attached hydrogens (tertiary/aromatic N) is 3. The number of hydrogen-bond acceptors (Lipinski definition) is 3. The van der Waals surface area contributed by atoms with Crippen molar-refractivity contribution in [1.82, 2.24) is 0 Å². The summed E-state index contributed by atoms with van der Waals surface area (Å²) in [5, 5.41) is 6.52. The van der Waals surface area contributed by atoms with E-state index >= 15 is 0 Å². The third kappa shape index (κ3) is 5.64. The van der Waals surface area contributed by atoms with Crippen molar-refractivity contribution in [3.63, 3.8) is 0 Å². The molecule has 0 fully saturated rings. The molecule has 0 saturated carbocycles. The van der Waals surface area contributed by atoms with E-state index in [-0.39, 0.29) is 0 Å². The van der Waals surface area contributed by atoms with Gasteiger partial charge in [0.25, 0.3) is 0 Å². The number of rotatable bonds is 8. The fourth-order valence-corrected chi connectivity index (χ4v) is 3.71. The van der Waals surface area contributed by atoms with Gasteiger partial charge in [0.1, 0.15) is 0 Å². The molecule has 0 spiro atoms. The Morgan fingerprint density at radius 3 is 1.72 bits per heavy atom. The number of para-hydroxylation sites is 1. The van der Waals surface area contributed by atoms with E-state index in [2.05, 4.69) is 108 Å². The molecule has 0 unspecified atom stereocenters. The molecule has 0 aromatic heterocycles. The van der Waals surface area contributed by atoms with Crippen molar-refractivity contribution in [2.45, 2.75) is 20.0 Å². The van der Waals surface area contributed by atoms with Crippen LogP contribution in [0, 0.1) is 6.92 Å². The van der Waals surface area contributed by atoms with Crippen LogP contribution in [0.5, 0.6) is 0 Å². The molecular formula is C29H29N3. The van der Waals surface area contributed by atoms with Crippen LogP contribution in [0.3, 0.4) is 0 Å². The minimum absolute atomic E-state index is 0.860. The third-order valence-corrected chi connectivity index (χ3v) is 5.55. The topological polar surface area (TPSA) is 18.8 Å². The lowest BCUT2D eigenvalue weighted by atomic mass is 10.1. The number of aryl methyl sites for hydroxylation is 1. The zero-order chi connectivity index (χ0) is 22.2. The first-order valence-corrected chi connectivity index (χ1v) is 11.0. The second-order valence-electron chi connectivity index (χ2n) is 7.97. The summed E-state index contributed by atoms with van der Waals surface area (Å²) in [5.41, 5.74) is 7.21. The Balaban J connectivity index is 1.56. The number of hydrazone groups is 1. The second kappa shape index (κ2) is 10.5. The number of hydrogen-bond donors (Lipinski definition) is 0. The summed E-state index contributed by atoms with van der Waals surface area (Å²) in [6.45, 7) is 3.87. The predicted molar refractivity (Wildman–Crippen MR) is 136 cm³/mol. The van der Waals surface area contributed by atoms with E-state index in [4.69, 9.17) is 0 Å². The van der Waals surface area contributed by atoms with E-state index in [1.54, 1.807) is 0 Å². The molecule has 0 heterocycles. The minimum Gasteiger partial charge on any atom is -0.363 e. The highest BCUT2D eigenvalue weighted by atomic mass is 15.4. The second-order valence-corrected chi connectivity index (χ2v) is 7.97. The van der Waals surface area contributed by atoms with Crippen LogP contribution in [0.1, 0.15) is 22.3 Å². The molecule has 0 N–H and O–H groups in total. The third-order valence-electron chi connectivity index (χ3n) is 5.55. The van der Waals surface area contributed by atoms with Gasteiger partial charge in [-0.2, -0.15) is 5.10 Å². The first-order valence-electron chi connectivity index (χ1n) is 11.0. The molecule has 0 atom stereocenters. The van der Waals surface area contributed by atoms with Crippen LogP contribution < -0.4 is 9.91 Å². The first kappa shape index (κ1) is 21.4. The Hall–Kier alpha value is -3.85. The van der Waals surface area contributed by atoms with E-state index in [1.807, 2.05) is 36.5 Å². The molecule has 0 saturated heterocycles. The van der Waals surface area contributed by atoms with Crippen molar-refractivity contribution in [2.24, 2.45) is 5.10 Å². The molecule has 32 heavy (non-hydrogen) atoms. The van der Waals surface area contributed by atoms with Crippen molar-refractivity contribution >= 4 is 17.6 Å². The summed E-state index contributed by atoms with van der Waals surface area (Å²) in [5.74, 6) is 0. The zero-order valence-electron chi connectivity index (χ0n) is 18.7. The molecule has 4 aromatic carbocycles. The molecule has 3 nitrogen and oxygen atoms in total. The Kier molecular flexibility index (Phi) is 6.98. The largest absolute Gasteiger partial charge is 0.363 e. The smallest absolute Gasteiger partial charge is 0.0590 e. The molecule has 0 aliphatic rings. The maximum atomic E-state index is 4.63. The molecular weight excluding hydrogens is 390 g/mol. The maximum absolute atomic E-state index is 4.63. The van der Waals surface area contributed by atoms with Gasteiger partial charge in [0.05, 0.1) is 11.9 Å². The Morgan fingerprint density at radius 1 is 0.656 bits per heavy atom. The molecule has 0 radical (unpaired) electrons. The van der Waals surface area contributed by atoms with Crippen molar-refractivity contribution < 1.29 is 0 Å². The van der Waals surface area contributed by atoms with Gasteiger partial charge in [-0.05, 0) is 53.4 Å².